The third-order valence-electron chi connectivity index (χ3n) is 3.72. The molecule has 4 nitrogen and oxygen atoms in total. The highest BCUT2D eigenvalue weighted by molar-refractivity contribution is 6.03. The lowest BCUT2D eigenvalue weighted by Gasteiger charge is -2.14. The van der Waals surface area contributed by atoms with Crippen LogP contribution in [-0.4, -0.2) is 11.8 Å². The van der Waals surface area contributed by atoms with Crippen molar-refractivity contribution in [1.29, 1.82) is 0 Å². The molecule has 2 aromatic rings. The van der Waals surface area contributed by atoms with E-state index in [0.29, 0.717) is 11.3 Å². The summed E-state index contributed by atoms with van der Waals surface area (Å²) in [5.41, 5.74) is 5.63. The van der Waals surface area contributed by atoms with Gasteiger partial charge >= 0.3 is 6.18 Å². The molecule has 2 rings (SSSR count). The Morgan fingerprint density at radius 1 is 1.08 bits per heavy atom. The average Bonchev–Trinajstić information content (AvgIpc) is 2.54. The van der Waals surface area contributed by atoms with E-state index in [2.05, 4.69) is 5.32 Å². The van der Waals surface area contributed by atoms with Crippen LogP contribution in [0, 0.1) is 5.92 Å². The highest BCUT2D eigenvalue weighted by Crippen LogP contribution is 2.29. The number of hydrogen-bond donors (Lipinski definition) is 2. The summed E-state index contributed by atoms with van der Waals surface area (Å²) in [4.78, 5) is 23.6. The predicted octanol–water partition coefficient (Wildman–Crippen LogP) is 3.62. The van der Waals surface area contributed by atoms with Gasteiger partial charge in [-0.3, -0.25) is 9.59 Å². The Hall–Kier alpha value is -2.83. The first-order valence-electron chi connectivity index (χ1n) is 7.54. The van der Waals surface area contributed by atoms with Crippen LogP contribution in [0.15, 0.2) is 48.5 Å². The fourth-order valence-corrected chi connectivity index (χ4v) is 2.34. The van der Waals surface area contributed by atoms with Crippen molar-refractivity contribution in [3.8, 4) is 0 Å². The van der Waals surface area contributed by atoms with Crippen LogP contribution in [-0.2, 0) is 17.4 Å². The lowest BCUT2D eigenvalue weighted by molar-refractivity contribution is -0.137. The number of rotatable bonds is 5. The van der Waals surface area contributed by atoms with Gasteiger partial charge in [-0.25, -0.2) is 0 Å². The molecule has 0 aromatic heterocycles. The third-order valence-corrected chi connectivity index (χ3v) is 3.72. The number of hydrogen-bond acceptors (Lipinski definition) is 2. The summed E-state index contributed by atoms with van der Waals surface area (Å²) in [6, 6.07) is 11.0. The molecule has 132 valence electrons. The molecule has 1 atom stereocenters. The Morgan fingerprint density at radius 3 is 2.24 bits per heavy atom. The van der Waals surface area contributed by atoms with Crippen LogP contribution in [0.1, 0.15) is 28.4 Å². The predicted molar refractivity (Wildman–Crippen MR) is 87.9 cm³/mol. The molecular weight excluding hydrogens is 333 g/mol. The first-order chi connectivity index (χ1) is 11.7. The van der Waals surface area contributed by atoms with Crippen molar-refractivity contribution in [2.75, 3.05) is 5.32 Å². The minimum atomic E-state index is -4.39. The van der Waals surface area contributed by atoms with Gasteiger partial charge in [0, 0.05) is 5.92 Å². The highest BCUT2D eigenvalue weighted by atomic mass is 19.4. The van der Waals surface area contributed by atoms with Gasteiger partial charge in [0.2, 0.25) is 5.91 Å². The molecule has 1 unspecified atom stereocenters. The zero-order valence-corrected chi connectivity index (χ0v) is 13.4. The molecule has 25 heavy (non-hydrogen) atoms. The van der Waals surface area contributed by atoms with E-state index in [0.717, 1.165) is 12.1 Å². The number of halogens is 3. The summed E-state index contributed by atoms with van der Waals surface area (Å²) < 4.78 is 37.7. The van der Waals surface area contributed by atoms with Crippen LogP contribution in [0.4, 0.5) is 18.9 Å². The van der Waals surface area contributed by atoms with Crippen molar-refractivity contribution >= 4 is 17.5 Å². The smallest absolute Gasteiger partial charge is 0.366 e. The second kappa shape index (κ2) is 7.38. The largest absolute Gasteiger partial charge is 0.416 e. The second-order valence-corrected chi connectivity index (χ2v) is 5.70. The summed E-state index contributed by atoms with van der Waals surface area (Å²) in [5.74, 6) is -1.52. The molecule has 2 aromatic carbocycles. The quantitative estimate of drug-likeness (QED) is 0.864. The molecule has 7 heteroatoms. The highest BCUT2D eigenvalue weighted by Gasteiger charge is 2.30. The van der Waals surface area contributed by atoms with E-state index in [4.69, 9.17) is 5.73 Å². The molecule has 0 radical (unpaired) electrons. The van der Waals surface area contributed by atoms with Crippen LogP contribution in [0.2, 0.25) is 0 Å². The summed E-state index contributed by atoms with van der Waals surface area (Å²) in [6.07, 6.45) is -4.12. The lowest BCUT2D eigenvalue weighted by Crippen LogP contribution is -2.24. The Bertz CT molecular complexity index is 771. The van der Waals surface area contributed by atoms with E-state index in [9.17, 15) is 22.8 Å². The number of anilines is 1. The van der Waals surface area contributed by atoms with Crippen LogP contribution >= 0.6 is 0 Å². The molecule has 0 bridgehead atoms. The van der Waals surface area contributed by atoms with Crippen molar-refractivity contribution in [1.82, 2.24) is 0 Å². The van der Waals surface area contributed by atoms with E-state index in [-0.39, 0.29) is 17.9 Å². The standard InChI is InChI=1S/C18H17F3N2O2/c1-11(10-12-6-8-13(9-7-12)18(19,20)21)17(25)23-15-5-3-2-4-14(15)16(22)24/h2-9,11H,10H2,1H3,(H2,22,24)(H,23,25). The maximum absolute atomic E-state index is 12.6. The number of alkyl halides is 3. The van der Waals surface area contributed by atoms with E-state index in [1.165, 1.54) is 18.2 Å². The van der Waals surface area contributed by atoms with Gasteiger partial charge in [-0.1, -0.05) is 31.2 Å². The molecule has 0 saturated carbocycles. The molecule has 3 N–H and O–H groups in total. The van der Waals surface area contributed by atoms with Gasteiger partial charge in [0.15, 0.2) is 0 Å². The maximum atomic E-state index is 12.6. The monoisotopic (exact) mass is 350 g/mol. The average molecular weight is 350 g/mol. The maximum Gasteiger partial charge on any atom is 0.416 e. The SMILES string of the molecule is CC(Cc1ccc(C(F)(F)F)cc1)C(=O)Nc1ccccc1C(N)=O. The third kappa shape index (κ3) is 4.82. The number of nitrogens with two attached hydrogens (primary N) is 1. The number of nitrogens with one attached hydrogen (secondary N) is 1. The van der Waals surface area contributed by atoms with Crippen LogP contribution in [0.3, 0.4) is 0 Å². The Kier molecular flexibility index (Phi) is 5.46. The van der Waals surface area contributed by atoms with Crippen molar-refractivity contribution < 1.29 is 22.8 Å². The van der Waals surface area contributed by atoms with E-state index >= 15 is 0 Å². The summed E-state index contributed by atoms with van der Waals surface area (Å²) in [7, 11) is 0. The number of primary amides is 1. The zero-order valence-electron chi connectivity index (χ0n) is 13.4. The van der Waals surface area contributed by atoms with Gasteiger partial charge < -0.3 is 11.1 Å². The summed E-state index contributed by atoms with van der Waals surface area (Å²) in [5, 5.41) is 2.63. The Morgan fingerprint density at radius 2 is 1.68 bits per heavy atom. The van der Waals surface area contributed by atoms with Crippen LogP contribution in [0.5, 0.6) is 0 Å². The molecule has 0 aliphatic rings. The van der Waals surface area contributed by atoms with Gasteiger partial charge in [-0.2, -0.15) is 13.2 Å². The molecule has 0 heterocycles. The lowest BCUT2D eigenvalue weighted by atomic mass is 9.99. The molecule has 2 amide bonds. The number of para-hydroxylation sites is 1. The number of carbonyl (C=O) groups excluding carboxylic acids is 2. The molecule has 0 aliphatic carbocycles. The number of carbonyl (C=O) groups is 2. The molecule has 0 saturated heterocycles. The fraction of sp³-hybridized carbons (Fsp3) is 0.222. The van der Waals surface area contributed by atoms with Crippen molar-refractivity contribution in [2.45, 2.75) is 19.5 Å². The van der Waals surface area contributed by atoms with E-state index < -0.39 is 23.6 Å². The van der Waals surface area contributed by atoms with E-state index in [1.807, 2.05) is 0 Å². The van der Waals surface area contributed by atoms with Gasteiger partial charge in [0.05, 0.1) is 16.8 Å². The second-order valence-electron chi connectivity index (χ2n) is 5.70. The van der Waals surface area contributed by atoms with Gasteiger partial charge in [0.25, 0.3) is 5.91 Å². The van der Waals surface area contributed by atoms with Crippen LogP contribution in [0.25, 0.3) is 0 Å². The normalized spacial score (nSPS) is 12.5. The van der Waals surface area contributed by atoms with Crippen LogP contribution < -0.4 is 11.1 Å². The fourth-order valence-electron chi connectivity index (χ4n) is 2.34. The minimum absolute atomic E-state index is 0.192. The topological polar surface area (TPSA) is 72.2 Å². The van der Waals surface area contributed by atoms with Crippen molar-refractivity contribution in [3.05, 3.63) is 65.2 Å². The number of amides is 2. The molecule has 0 spiro atoms. The molecule has 0 aliphatic heterocycles. The van der Waals surface area contributed by atoms with Crippen molar-refractivity contribution in [2.24, 2.45) is 11.7 Å². The van der Waals surface area contributed by atoms with Gasteiger partial charge in [-0.15, -0.1) is 0 Å². The summed E-state index contributed by atoms with van der Waals surface area (Å²) in [6.45, 7) is 1.65. The molecular formula is C18H17F3N2O2. The Balaban J connectivity index is 2.05. The number of benzene rings is 2. The summed E-state index contributed by atoms with van der Waals surface area (Å²) >= 11 is 0. The van der Waals surface area contributed by atoms with E-state index in [1.54, 1.807) is 25.1 Å². The van der Waals surface area contributed by atoms with Crippen molar-refractivity contribution in [3.63, 3.8) is 0 Å². The first-order valence-corrected chi connectivity index (χ1v) is 7.54. The first kappa shape index (κ1) is 18.5. The minimum Gasteiger partial charge on any atom is -0.366 e. The Labute approximate surface area is 142 Å². The van der Waals surface area contributed by atoms with Gasteiger partial charge in [0.1, 0.15) is 0 Å². The van der Waals surface area contributed by atoms with Gasteiger partial charge in [-0.05, 0) is 36.2 Å². The molecule has 0 fully saturated rings. The zero-order chi connectivity index (χ0) is 18.6.